The Kier molecular flexibility index (Phi) is 5.00. The van der Waals surface area contributed by atoms with Crippen LogP contribution < -0.4 is 0 Å². The molecule has 1 unspecified atom stereocenters. The molecule has 1 atom stereocenters. The van der Waals surface area contributed by atoms with Gasteiger partial charge in [0.05, 0.1) is 6.10 Å². The molecule has 0 heterocycles. The zero-order valence-electron chi connectivity index (χ0n) is 8.19. The van der Waals surface area contributed by atoms with Gasteiger partial charge >= 0.3 is 5.97 Å². The van der Waals surface area contributed by atoms with Crippen LogP contribution in [0.4, 0.5) is 0 Å². The predicted molar refractivity (Wildman–Crippen MR) is 54.1 cm³/mol. The highest BCUT2D eigenvalue weighted by Crippen LogP contribution is 2.08. The maximum Gasteiger partial charge on any atom is 0.303 e. The zero-order chi connectivity index (χ0) is 10.2. The first-order valence-corrected chi connectivity index (χ1v) is 4.96. The lowest BCUT2D eigenvalue weighted by Gasteiger charge is -2.13. The molecule has 0 fully saturated rings. The van der Waals surface area contributed by atoms with Crippen LogP contribution in [-0.4, -0.2) is 23.8 Å². The van der Waals surface area contributed by atoms with Gasteiger partial charge in [-0.15, -0.1) is 0 Å². The van der Waals surface area contributed by atoms with Gasteiger partial charge in [0.2, 0.25) is 0 Å². The highest BCUT2D eigenvalue weighted by Gasteiger charge is 2.04. The molecule has 0 saturated heterocycles. The smallest absolute Gasteiger partial charge is 0.303 e. The van der Waals surface area contributed by atoms with Gasteiger partial charge in [0, 0.05) is 13.0 Å². The fraction of sp³-hybridized carbons (Fsp3) is 0.545. The topological polar surface area (TPSA) is 46.5 Å². The van der Waals surface area contributed by atoms with Gasteiger partial charge in [-0.05, 0) is 19.3 Å². The van der Waals surface area contributed by atoms with Crippen molar-refractivity contribution in [2.24, 2.45) is 0 Å². The van der Waals surface area contributed by atoms with Gasteiger partial charge in [-0.3, -0.25) is 4.79 Å². The average Bonchev–Trinajstić information content (AvgIpc) is 2.18. The molecule has 0 aromatic heterocycles. The lowest BCUT2D eigenvalue weighted by atomic mass is 10.1. The summed E-state index contributed by atoms with van der Waals surface area (Å²) in [6, 6.07) is 0. The molecular weight excluding hydrogens is 180 g/mol. The number of hydrogen-bond donors (Lipinski definition) is 1. The third-order valence-electron chi connectivity index (χ3n) is 2.06. The van der Waals surface area contributed by atoms with Gasteiger partial charge in [0.1, 0.15) is 0 Å². The van der Waals surface area contributed by atoms with Crippen LogP contribution >= 0.6 is 0 Å². The van der Waals surface area contributed by atoms with Crippen LogP contribution in [0.5, 0.6) is 0 Å². The molecule has 78 valence electrons. The third-order valence-corrected chi connectivity index (χ3v) is 2.06. The Balaban J connectivity index is 1.96. The van der Waals surface area contributed by atoms with Crippen LogP contribution in [0.2, 0.25) is 0 Å². The van der Waals surface area contributed by atoms with Gasteiger partial charge in [0.15, 0.2) is 0 Å². The van der Waals surface area contributed by atoms with Crippen molar-refractivity contribution < 1.29 is 14.6 Å². The second-order valence-corrected chi connectivity index (χ2v) is 3.31. The Morgan fingerprint density at radius 2 is 2.29 bits per heavy atom. The van der Waals surface area contributed by atoms with Gasteiger partial charge in [0.25, 0.3) is 0 Å². The summed E-state index contributed by atoms with van der Waals surface area (Å²) in [4.78, 5) is 10.2. The maximum atomic E-state index is 10.2. The SMILES string of the molecule is O=C(O)CCCCOC1C=CC=CC1. The fourth-order valence-corrected chi connectivity index (χ4v) is 1.29. The minimum atomic E-state index is -0.731. The summed E-state index contributed by atoms with van der Waals surface area (Å²) in [5.74, 6) is -0.731. The lowest BCUT2D eigenvalue weighted by Crippen LogP contribution is -2.11. The zero-order valence-corrected chi connectivity index (χ0v) is 8.19. The molecule has 1 aliphatic carbocycles. The van der Waals surface area contributed by atoms with E-state index in [9.17, 15) is 4.79 Å². The van der Waals surface area contributed by atoms with Crippen molar-refractivity contribution in [2.75, 3.05) is 6.61 Å². The Labute approximate surface area is 84.1 Å². The molecule has 0 spiro atoms. The van der Waals surface area contributed by atoms with Crippen molar-refractivity contribution in [3.05, 3.63) is 24.3 Å². The van der Waals surface area contributed by atoms with Crippen molar-refractivity contribution >= 4 is 5.97 Å². The quantitative estimate of drug-likeness (QED) is 0.662. The van der Waals surface area contributed by atoms with Crippen LogP contribution in [0.3, 0.4) is 0 Å². The molecule has 0 amide bonds. The Hall–Kier alpha value is -1.09. The van der Waals surface area contributed by atoms with Crippen LogP contribution in [-0.2, 0) is 9.53 Å². The molecule has 0 saturated carbocycles. The normalized spacial score (nSPS) is 19.9. The number of ether oxygens (including phenoxy) is 1. The van der Waals surface area contributed by atoms with E-state index in [1.807, 2.05) is 18.2 Å². The first-order chi connectivity index (χ1) is 6.79. The summed E-state index contributed by atoms with van der Waals surface area (Å²) in [5, 5.41) is 8.40. The highest BCUT2D eigenvalue weighted by atomic mass is 16.5. The van der Waals surface area contributed by atoms with Gasteiger partial charge in [-0.2, -0.15) is 0 Å². The van der Waals surface area contributed by atoms with E-state index >= 15 is 0 Å². The summed E-state index contributed by atoms with van der Waals surface area (Å²) in [7, 11) is 0. The Bertz CT molecular complexity index is 231. The van der Waals surface area contributed by atoms with E-state index in [2.05, 4.69) is 6.08 Å². The molecule has 0 aliphatic heterocycles. The minimum Gasteiger partial charge on any atom is -0.481 e. The Morgan fingerprint density at radius 1 is 1.43 bits per heavy atom. The molecule has 0 bridgehead atoms. The second kappa shape index (κ2) is 6.38. The van der Waals surface area contributed by atoms with Crippen LogP contribution in [0.15, 0.2) is 24.3 Å². The molecule has 1 N–H and O–H groups in total. The summed E-state index contributed by atoms with van der Waals surface area (Å²) in [6.45, 7) is 0.649. The molecule has 0 aromatic rings. The first-order valence-electron chi connectivity index (χ1n) is 4.96. The van der Waals surface area contributed by atoms with Crippen molar-refractivity contribution in [2.45, 2.75) is 31.8 Å². The van der Waals surface area contributed by atoms with Crippen molar-refractivity contribution in [1.82, 2.24) is 0 Å². The second-order valence-electron chi connectivity index (χ2n) is 3.31. The molecule has 1 aliphatic rings. The van der Waals surface area contributed by atoms with Crippen molar-refractivity contribution in [3.8, 4) is 0 Å². The van der Waals surface area contributed by atoms with Crippen molar-refractivity contribution in [3.63, 3.8) is 0 Å². The van der Waals surface area contributed by atoms with E-state index in [1.54, 1.807) is 0 Å². The standard InChI is InChI=1S/C11H16O3/c12-11(13)8-4-5-9-14-10-6-2-1-3-7-10/h1-3,6,10H,4-5,7-9H2,(H,12,13). The van der Waals surface area contributed by atoms with E-state index < -0.39 is 5.97 Å². The fourth-order valence-electron chi connectivity index (χ4n) is 1.29. The largest absolute Gasteiger partial charge is 0.481 e. The first kappa shape index (κ1) is 11.0. The number of aliphatic carboxylic acids is 1. The number of allylic oxidation sites excluding steroid dienone is 2. The molecular formula is C11H16O3. The monoisotopic (exact) mass is 196 g/mol. The Morgan fingerprint density at radius 3 is 2.93 bits per heavy atom. The predicted octanol–water partition coefficient (Wildman–Crippen LogP) is 2.14. The number of rotatable bonds is 6. The van der Waals surface area contributed by atoms with E-state index in [0.29, 0.717) is 13.0 Å². The van der Waals surface area contributed by atoms with Crippen LogP contribution in [0.1, 0.15) is 25.7 Å². The molecule has 1 rings (SSSR count). The number of hydrogen-bond acceptors (Lipinski definition) is 2. The summed E-state index contributed by atoms with van der Waals surface area (Å²) < 4.78 is 5.53. The molecule has 14 heavy (non-hydrogen) atoms. The van der Waals surface area contributed by atoms with E-state index in [1.165, 1.54) is 0 Å². The molecule has 3 nitrogen and oxygen atoms in total. The van der Waals surface area contributed by atoms with Gasteiger partial charge < -0.3 is 9.84 Å². The van der Waals surface area contributed by atoms with Crippen molar-refractivity contribution in [1.29, 1.82) is 0 Å². The van der Waals surface area contributed by atoms with Crippen LogP contribution in [0.25, 0.3) is 0 Å². The number of carbonyl (C=O) groups is 1. The summed E-state index contributed by atoms with van der Waals surface area (Å²) >= 11 is 0. The number of unbranched alkanes of at least 4 members (excludes halogenated alkanes) is 1. The van der Waals surface area contributed by atoms with Gasteiger partial charge in [-0.25, -0.2) is 0 Å². The molecule has 0 aromatic carbocycles. The highest BCUT2D eigenvalue weighted by molar-refractivity contribution is 5.66. The maximum absolute atomic E-state index is 10.2. The third kappa shape index (κ3) is 4.82. The molecule has 0 radical (unpaired) electrons. The van der Waals surface area contributed by atoms with E-state index in [0.717, 1.165) is 12.8 Å². The van der Waals surface area contributed by atoms with Gasteiger partial charge in [-0.1, -0.05) is 24.3 Å². The summed E-state index contributed by atoms with van der Waals surface area (Å²) in [6.07, 6.45) is 10.9. The number of carboxylic acids is 1. The molecule has 3 heteroatoms. The lowest BCUT2D eigenvalue weighted by molar-refractivity contribution is -0.137. The number of carboxylic acid groups (broad SMARTS) is 1. The van der Waals surface area contributed by atoms with Crippen LogP contribution in [0, 0.1) is 0 Å². The van der Waals surface area contributed by atoms with E-state index in [-0.39, 0.29) is 12.5 Å². The minimum absolute atomic E-state index is 0.185. The summed E-state index contributed by atoms with van der Waals surface area (Å²) in [5.41, 5.74) is 0. The average molecular weight is 196 g/mol. The van der Waals surface area contributed by atoms with E-state index in [4.69, 9.17) is 9.84 Å².